The molecule has 0 aromatic heterocycles. The average Bonchev–Trinajstić information content (AvgIpc) is 3.36. The number of fused-ring (bicyclic) bond motifs is 5. The molecule has 1 unspecified atom stereocenters. The van der Waals surface area contributed by atoms with Crippen molar-refractivity contribution in [3.8, 4) is 0 Å². The maximum absolute atomic E-state index is 12.2. The molecule has 4 aliphatic carbocycles. The molecule has 0 aromatic rings. The third kappa shape index (κ3) is 5.39. The summed E-state index contributed by atoms with van der Waals surface area (Å²) in [6.07, 6.45) is 1.84. The second-order valence-corrected chi connectivity index (χ2v) is 17.1. The van der Waals surface area contributed by atoms with Gasteiger partial charge in [-0.1, -0.05) is 46.3 Å². The van der Waals surface area contributed by atoms with Gasteiger partial charge in [0, 0.05) is 5.41 Å². The van der Waals surface area contributed by atoms with E-state index in [1.54, 1.807) is 0 Å². The van der Waals surface area contributed by atoms with Gasteiger partial charge in [-0.25, -0.2) is 0 Å². The molecule has 0 amide bonds. The smallest absolute Gasteiger partial charge is 0.187 e. The van der Waals surface area contributed by atoms with Crippen molar-refractivity contribution in [3.05, 3.63) is 11.6 Å². The van der Waals surface area contributed by atoms with Gasteiger partial charge >= 0.3 is 0 Å². The van der Waals surface area contributed by atoms with Crippen molar-refractivity contribution in [2.75, 3.05) is 13.2 Å². The van der Waals surface area contributed by atoms with Gasteiger partial charge in [-0.15, -0.1) is 0 Å². The lowest BCUT2D eigenvalue weighted by atomic mass is 9.34. The molecule has 5 aliphatic rings. The van der Waals surface area contributed by atoms with Crippen LogP contribution in [-0.4, -0.2) is 97.5 Å². The normalized spacial score (nSPS) is 51.2. The topological polar surface area (TPSA) is 160 Å². The van der Waals surface area contributed by atoms with Crippen LogP contribution in [0.25, 0.3) is 0 Å². The minimum absolute atomic E-state index is 0.0194. The van der Waals surface area contributed by atoms with Crippen molar-refractivity contribution in [1.82, 2.24) is 0 Å². The fraction of sp³-hybridized carbons (Fsp3) is 0.944. The maximum Gasteiger partial charge on any atom is 0.187 e. The second kappa shape index (κ2) is 12.4. The zero-order valence-corrected chi connectivity index (χ0v) is 28.7. The molecule has 9 nitrogen and oxygen atoms in total. The van der Waals surface area contributed by atoms with Gasteiger partial charge < -0.3 is 45.2 Å². The van der Waals surface area contributed by atoms with Gasteiger partial charge in [0.15, 0.2) is 6.29 Å². The van der Waals surface area contributed by atoms with Crippen LogP contribution in [0, 0.1) is 45.3 Å². The summed E-state index contributed by atoms with van der Waals surface area (Å²) in [6, 6.07) is 0. The Kier molecular flexibility index (Phi) is 9.80. The average molecular weight is 639 g/mol. The molecule has 0 radical (unpaired) electrons. The zero-order chi connectivity index (χ0) is 33.3. The van der Waals surface area contributed by atoms with Crippen LogP contribution in [0.2, 0.25) is 0 Å². The molecule has 1 saturated heterocycles. The van der Waals surface area contributed by atoms with Crippen molar-refractivity contribution < 1.29 is 45.2 Å². The maximum atomic E-state index is 12.2. The summed E-state index contributed by atoms with van der Waals surface area (Å²) >= 11 is 0. The first kappa shape index (κ1) is 35.7. The Morgan fingerprint density at radius 2 is 1.56 bits per heavy atom. The van der Waals surface area contributed by atoms with Crippen molar-refractivity contribution in [2.45, 2.75) is 155 Å². The van der Waals surface area contributed by atoms with E-state index in [4.69, 9.17) is 9.47 Å². The molecule has 15 atom stereocenters. The number of ether oxygens (including phenoxy) is 2. The lowest BCUT2D eigenvalue weighted by Crippen LogP contribution is -2.68. The zero-order valence-electron chi connectivity index (χ0n) is 28.7. The van der Waals surface area contributed by atoms with Crippen molar-refractivity contribution in [3.63, 3.8) is 0 Å². The molecule has 1 heterocycles. The third-order valence-corrected chi connectivity index (χ3v) is 14.9. The second-order valence-electron chi connectivity index (χ2n) is 17.1. The lowest BCUT2D eigenvalue weighted by molar-refractivity contribution is -0.335. The van der Waals surface area contributed by atoms with Crippen LogP contribution in [0.15, 0.2) is 11.6 Å². The number of aliphatic hydroxyl groups excluding tert-OH is 7. The quantitative estimate of drug-likeness (QED) is 0.198. The standard InChI is InChI=1S/C36H62O9/c1-20(18-37)9-8-14-35(6,45-31-30(43)29(42)28(41)23(19-38)44-31)22-12-16-34(5)21(22)10-11-24-33(4)15-13-26(39)32(2,3)25(33)17-27(40)36(24,34)7/h9,21-31,37-43H,8,10-19H2,1-7H3/b20-9+/t21-,22+,23-,24-,25+,26+,27?,28-,29+,30-,31+,33-,34-,35-,36+/m1/s1. The highest BCUT2D eigenvalue weighted by Crippen LogP contribution is 2.76. The summed E-state index contributed by atoms with van der Waals surface area (Å²) in [5, 5.41) is 74.6. The Balaban J connectivity index is 1.48. The van der Waals surface area contributed by atoms with Crippen LogP contribution in [-0.2, 0) is 9.47 Å². The summed E-state index contributed by atoms with van der Waals surface area (Å²) < 4.78 is 12.6. The SMILES string of the molecule is C/C(=C\CC[C@@](C)(O[C@@H]1O[C@H](CO)[C@@H](O)[C@H](O)[C@H]1O)[C@H]1CC[C@]2(C)[C@@H]1CC[C@@H]1[C@@]3(C)CC[C@H](O)C(C)(C)[C@@H]3CC(O)[C@]12C)CO. The van der Waals surface area contributed by atoms with Gasteiger partial charge in [-0.2, -0.15) is 0 Å². The number of aliphatic hydroxyl groups is 7. The molecule has 45 heavy (non-hydrogen) atoms. The highest BCUT2D eigenvalue weighted by atomic mass is 16.7. The van der Waals surface area contributed by atoms with Crippen molar-refractivity contribution >= 4 is 0 Å². The summed E-state index contributed by atoms with van der Waals surface area (Å²) in [7, 11) is 0. The molecule has 260 valence electrons. The minimum Gasteiger partial charge on any atom is -0.394 e. The van der Waals surface area contributed by atoms with Crippen LogP contribution in [0.5, 0.6) is 0 Å². The lowest BCUT2D eigenvalue weighted by Gasteiger charge is -2.71. The van der Waals surface area contributed by atoms with Crippen LogP contribution in [0.3, 0.4) is 0 Å². The molecular weight excluding hydrogens is 576 g/mol. The number of hydrogen-bond acceptors (Lipinski definition) is 9. The molecule has 0 aromatic carbocycles. The van der Waals surface area contributed by atoms with E-state index in [1.807, 2.05) is 13.0 Å². The minimum atomic E-state index is -1.52. The van der Waals surface area contributed by atoms with E-state index in [9.17, 15) is 35.7 Å². The predicted octanol–water partition coefficient (Wildman–Crippen LogP) is 3.30. The molecule has 0 spiro atoms. The largest absolute Gasteiger partial charge is 0.394 e. The van der Waals surface area contributed by atoms with Gasteiger partial charge in [-0.3, -0.25) is 0 Å². The van der Waals surface area contributed by atoms with E-state index in [-0.39, 0.29) is 52.1 Å². The Bertz CT molecular complexity index is 1090. The molecule has 1 aliphatic heterocycles. The van der Waals surface area contributed by atoms with E-state index in [0.717, 1.165) is 44.1 Å². The fourth-order valence-electron chi connectivity index (χ4n) is 11.8. The van der Waals surface area contributed by atoms with E-state index < -0.39 is 49.0 Å². The fourth-order valence-corrected chi connectivity index (χ4v) is 11.8. The molecule has 9 heteroatoms. The summed E-state index contributed by atoms with van der Waals surface area (Å²) in [5.41, 5.74) is -0.678. The Morgan fingerprint density at radius 3 is 2.20 bits per heavy atom. The van der Waals surface area contributed by atoms with E-state index in [2.05, 4.69) is 41.5 Å². The van der Waals surface area contributed by atoms with Crippen LogP contribution in [0.1, 0.15) is 106 Å². The third-order valence-electron chi connectivity index (χ3n) is 14.9. The first-order valence-electron chi connectivity index (χ1n) is 17.5. The van der Waals surface area contributed by atoms with Crippen molar-refractivity contribution in [2.24, 2.45) is 45.3 Å². The van der Waals surface area contributed by atoms with Gasteiger partial charge in [0.1, 0.15) is 24.4 Å². The van der Waals surface area contributed by atoms with Gasteiger partial charge in [0.25, 0.3) is 0 Å². The predicted molar refractivity (Wildman–Crippen MR) is 170 cm³/mol. The summed E-state index contributed by atoms with van der Waals surface area (Å²) in [6.45, 7) is 14.9. The van der Waals surface area contributed by atoms with Crippen LogP contribution >= 0.6 is 0 Å². The molecule has 5 rings (SSSR count). The van der Waals surface area contributed by atoms with Crippen LogP contribution in [0.4, 0.5) is 0 Å². The Morgan fingerprint density at radius 1 is 0.867 bits per heavy atom. The van der Waals surface area contributed by atoms with Gasteiger partial charge in [0.05, 0.1) is 31.0 Å². The Labute approximate surface area is 270 Å². The molecule has 7 N–H and O–H groups in total. The Hall–Kier alpha value is -0.620. The van der Waals surface area contributed by atoms with Gasteiger partial charge in [0.2, 0.25) is 0 Å². The van der Waals surface area contributed by atoms with Crippen molar-refractivity contribution in [1.29, 1.82) is 0 Å². The van der Waals surface area contributed by atoms with E-state index in [0.29, 0.717) is 25.2 Å². The number of rotatable bonds is 8. The van der Waals surface area contributed by atoms with E-state index in [1.165, 1.54) is 0 Å². The first-order chi connectivity index (χ1) is 20.9. The highest BCUT2D eigenvalue weighted by Gasteiger charge is 2.72. The number of allylic oxidation sites excluding steroid dienone is 1. The van der Waals surface area contributed by atoms with Crippen LogP contribution < -0.4 is 0 Å². The molecule has 0 bridgehead atoms. The molecular formula is C36H62O9. The van der Waals surface area contributed by atoms with E-state index >= 15 is 0 Å². The summed E-state index contributed by atoms with van der Waals surface area (Å²) in [5.74, 6) is 0.852. The monoisotopic (exact) mass is 638 g/mol. The molecule has 4 saturated carbocycles. The summed E-state index contributed by atoms with van der Waals surface area (Å²) in [4.78, 5) is 0. The first-order valence-corrected chi connectivity index (χ1v) is 17.5. The molecule has 5 fully saturated rings. The number of hydrogen-bond donors (Lipinski definition) is 7. The highest BCUT2D eigenvalue weighted by molar-refractivity contribution is 5.21. The van der Waals surface area contributed by atoms with Gasteiger partial charge in [-0.05, 0) is 112 Å².